The number of hydrogen-bond donors (Lipinski definition) is 2. The number of aromatic carboxylic acids is 1. The van der Waals surface area contributed by atoms with Crippen LogP contribution in [0.2, 0.25) is 0 Å². The molecule has 1 rings (SSSR count). The Labute approximate surface area is 142 Å². The lowest BCUT2D eigenvalue weighted by Crippen LogP contribution is -2.16. The first-order chi connectivity index (χ1) is 11.1. The molecule has 0 bridgehead atoms. The van der Waals surface area contributed by atoms with Crippen molar-refractivity contribution < 1.29 is 9.90 Å². The van der Waals surface area contributed by atoms with Crippen LogP contribution in [0.25, 0.3) is 0 Å². The maximum Gasteiger partial charge on any atom is 0.335 e. The molecule has 0 amide bonds. The highest BCUT2D eigenvalue weighted by Crippen LogP contribution is 2.02. The molecule has 1 aromatic carbocycles. The molecule has 0 aliphatic heterocycles. The second kappa shape index (κ2) is 15.5. The van der Waals surface area contributed by atoms with Crippen LogP contribution in [0.15, 0.2) is 24.3 Å². The normalized spacial score (nSPS) is 10.0. The third-order valence-corrected chi connectivity index (χ3v) is 3.68. The van der Waals surface area contributed by atoms with Crippen molar-refractivity contribution in [1.82, 2.24) is 5.32 Å². The van der Waals surface area contributed by atoms with Crippen LogP contribution < -0.4 is 5.32 Å². The average molecular weight is 322 g/mol. The van der Waals surface area contributed by atoms with Crippen LogP contribution in [-0.2, 0) is 0 Å². The van der Waals surface area contributed by atoms with Gasteiger partial charge in [0.05, 0.1) is 5.56 Å². The summed E-state index contributed by atoms with van der Waals surface area (Å²) < 4.78 is 0. The van der Waals surface area contributed by atoms with E-state index < -0.39 is 5.97 Å². The summed E-state index contributed by atoms with van der Waals surface area (Å²) in [4.78, 5) is 10.4. The quantitative estimate of drug-likeness (QED) is 0.534. The molecular formula is C20H35NO2. The summed E-state index contributed by atoms with van der Waals surface area (Å²) in [6.45, 7) is 8.85. The van der Waals surface area contributed by atoms with Gasteiger partial charge in [-0.25, -0.2) is 4.79 Å². The van der Waals surface area contributed by atoms with Gasteiger partial charge in [-0.3, -0.25) is 0 Å². The standard InChI is InChI=1S/C12H27N.C8H8O2/c1-3-5-7-9-11-13-12-10-8-6-4-2;1-6-3-2-4-7(5-6)8(9)10/h13H,3-12H2,1-2H3;2-5H,1H3,(H,9,10). The Morgan fingerprint density at radius 3 is 1.91 bits per heavy atom. The van der Waals surface area contributed by atoms with Gasteiger partial charge in [0.25, 0.3) is 0 Å². The minimum absolute atomic E-state index is 0.347. The minimum Gasteiger partial charge on any atom is -0.478 e. The molecular weight excluding hydrogens is 286 g/mol. The molecule has 0 aliphatic rings. The molecule has 3 nitrogen and oxygen atoms in total. The number of unbranched alkanes of at least 4 members (excludes halogenated alkanes) is 6. The highest BCUT2D eigenvalue weighted by Gasteiger charge is 1.99. The summed E-state index contributed by atoms with van der Waals surface area (Å²) in [5.41, 5.74) is 1.32. The third kappa shape index (κ3) is 14.0. The molecule has 0 fully saturated rings. The summed E-state index contributed by atoms with van der Waals surface area (Å²) in [7, 11) is 0. The van der Waals surface area contributed by atoms with Crippen molar-refractivity contribution in [3.05, 3.63) is 35.4 Å². The van der Waals surface area contributed by atoms with Gasteiger partial charge in [-0.2, -0.15) is 0 Å². The number of nitrogens with one attached hydrogen (secondary N) is 1. The molecule has 23 heavy (non-hydrogen) atoms. The monoisotopic (exact) mass is 321 g/mol. The maximum absolute atomic E-state index is 10.4. The van der Waals surface area contributed by atoms with Gasteiger partial charge in [0.15, 0.2) is 0 Å². The van der Waals surface area contributed by atoms with E-state index >= 15 is 0 Å². The number of hydrogen-bond acceptors (Lipinski definition) is 2. The number of carboxylic acids is 1. The lowest BCUT2D eigenvalue weighted by Gasteiger charge is -2.03. The molecule has 0 aliphatic carbocycles. The average Bonchev–Trinajstić information content (AvgIpc) is 2.54. The number of carboxylic acid groups (broad SMARTS) is 1. The maximum atomic E-state index is 10.4. The molecule has 2 N–H and O–H groups in total. The Morgan fingerprint density at radius 1 is 0.957 bits per heavy atom. The number of benzene rings is 1. The fraction of sp³-hybridized carbons (Fsp3) is 0.650. The van der Waals surface area contributed by atoms with Gasteiger partial charge in [-0.05, 0) is 45.0 Å². The topological polar surface area (TPSA) is 49.3 Å². The summed E-state index contributed by atoms with van der Waals surface area (Å²) in [6.07, 6.45) is 11.0. The van der Waals surface area contributed by atoms with Gasteiger partial charge >= 0.3 is 5.97 Å². The van der Waals surface area contributed by atoms with Crippen LogP contribution in [0.3, 0.4) is 0 Å². The Bertz CT molecular complexity index is 394. The highest BCUT2D eigenvalue weighted by atomic mass is 16.4. The first kappa shape index (κ1) is 21.6. The van der Waals surface area contributed by atoms with E-state index in [0.717, 1.165) is 5.56 Å². The van der Waals surface area contributed by atoms with Crippen molar-refractivity contribution in [2.24, 2.45) is 0 Å². The molecule has 1 aromatic rings. The van der Waals surface area contributed by atoms with Crippen molar-refractivity contribution in [2.45, 2.75) is 72.1 Å². The zero-order chi connectivity index (χ0) is 17.3. The molecule has 0 heterocycles. The third-order valence-electron chi connectivity index (χ3n) is 3.68. The number of rotatable bonds is 11. The zero-order valence-corrected chi connectivity index (χ0v) is 15.2. The van der Waals surface area contributed by atoms with Gasteiger partial charge in [-0.15, -0.1) is 0 Å². The van der Waals surface area contributed by atoms with E-state index in [2.05, 4.69) is 19.2 Å². The largest absolute Gasteiger partial charge is 0.478 e. The van der Waals surface area contributed by atoms with E-state index in [-0.39, 0.29) is 0 Å². The number of aryl methyl sites for hydroxylation is 1. The molecule has 0 atom stereocenters. The summed E-state index contributed by atoms with van der Waals surface area (Å²) in [6, 6.07) is 6.82. The zero-order valence-electron chi connectivity index (χ0n) is 15.2. The molecule has 0 aromatic heterocycles. The van der Waals surface area contributed by atoms with Gasteiger partial charge in [-0.1, -0.05) is 70.1 Å². The minimum atomic E-state index is -0.872. The van der Waals surface area contributed by atoms with Crippen LogP contribution in [0.5, 0.6) is 0 Å². The van der Waals surface area contributed by atoms with Crippen LogP contribution >= 0.6 is 0 Å². The first-order valence-electron chi connectivity index (χ1n) is 9.12. The van der Waals surface area contributed by atoms with Crippen molar-refractivity contribution in [3.63, 3.8) is 0 Å². The van der Waals surface area contributed by atoms with Gasteiger partial charge < -0.3 is 10.4 Å². The Hall–Kier alpha value is -1.35. The molecule has 0 spiro atoms. The van der Waals surface area contributed by atoms with E-state index in [0.29, 0.717) is 5.56 Å². The molecule has 0 saturated carbocycles. The summed E-state index contributed by atoms with van der Waals surface area (Å²) in [5, 5.41) is 12.0. The summed E-state index contributed by atoms with van der Waals surface area (Å²) in [5.74, 6) is -0.872. The molecule has 0 saturated heterocycles. The van der Waals surface area contributed by atoms with Crippen molar-refractivity contribution >= 4 is 5.97 Å². The predicted molar refractivity (Wildman–Crippen MR) is 99.3 cm³/mol. The van der Waals surface area contributed by atoms with E-state index in [4.69, 9.17) is 5.11 Å². The van der Waals surface area contributed by atoms with E-state index in [1.165, 1.54) is 64.5 Å². The fourth-order valence-corrected chi connectivity index (χ4v) is 2.26. The number of carbonyl (C=O) groups is 1. The van der Waals surface area contributed by atoms with Crippen LogP contribution in [0.4, 0.5) is 0 Å². The van der Waals surface area contributed by atoms with Crippen molar-refractivity contribution in [2.75, 3.05) is 13.1 Å². The van der Waals surface area contributed by atoms with Gasteiger partial charge in [0, 0.05) is 0 Å². The fourth-order valence-electron chi connectivity index (χ4n) is 2.26. The van der Waals surface area contributed by atoms with Crippen LogP contribution in [0.1, 0.15) is 81.1 Å². The van der Waals surface area contributed by atoms with Crippen LogP contribution in [-0.4, -0.2) is 24.2 Å². The summed E-state index contributed by atoms with van der Waals surface area (Å²) >= 11 is 0. The predicted octanol–water partition coefficient (Wildman–Crippen LogP) is 5.43. The van der Waals surface area contributed by atoms with Gasteiger partial charge in [0.2, 0.25) is 0 Å². The lowest BCUT2D eigenvalue weighted by molar-refractivity contribution is 0.0697. The Kier molecular flexibility index (Phi) is 14.6. The van der Waals surface area contributed by atoms with Crippen LogP contribution in [0, 0.1) is 6.92 Å². The smallest absolute Gasteiger partial charge is 0.335 e. The molecule has 0 radical (unpaired) electrons. The second-order valence-corrected chi connectivity index (χ2v) is 6.05. The van der Waals surface area contributed by atoms with E-state index in [1.54, 1.807) is 18.2 Å². The van der Waals surface area contributed by atoms with Crippen molar-refractivity contribution in [3.8, 4) is 0 Å². The molecule has 0 unspecified atom stereocenters. The second-order valence-electron chi connectivity index (χ2n) is 6.05. The van der Waals surface area contributed by atoms with E-state index in [9.17, 15) is 4.79 Å². The first-order valence-corrected chi connectivity index (χ1v) is 9.12. The molecule has 132 valence electrons. The SMILES string of the molecule is CCCCCCNCCCCCC.Cc1cccc(C(=O)O)c1. The lowest BCUT2D eigenvalue weighted by atomic mass is 10.1. The Balaban J connectivity index is 0.000000433. The molecule has 3 heteroatoms. The van der Waals surface area contributed by atoms with Gasteiger partial charge in [0.1, 0.15) is 0 Å². The van der Waals surface area contributed by atoms with E-state index in [1.807, 2.05) is 13.0 Å². The van der Waals surface area contributed by atoms with Crippen molar-refractivity contribution in [1.29, 1.82) is 0 Å². The Morgan fingerprint density at radius 2 is 1.52 bits per heavy atom. The highest BCUT2D eigenvalue weighted by molar-refractivity contribution is 5.87.